The minimum Gasteiger partial charge on any atom is -0.465 e. The summed E-state index contributed by atoms with van der Waals surface area (Å²) in [6.45, 7) is 2.75. The van der Waals surface area contributed by atoms with E-state index in [2.05, 4.69) is 4.74 Å². The molecular weight excluding hydrogens is 409 g/mol. The van der Waals surface area contributed by atoms with Crippen LogP contribution in [0.4, 0.5) is 13.2 Å². The van der Waals surface area contributed by atoms with Crippen molar-refractivity contribution >= 4 is 22.1 Å². The minimum atomic E-state index is -5.19. The van der Waals surface area contributed by atoms with Gasteiger partial charge in [-0.1, -0.05) is 19.8 Å². The Labute approximate surface area is 160 Å². The van der Waals surface area contributed by atoms with Crippen molar-refractivity contribution in [1.82, 2.24) is 0 Å². The Morgan fingerprint density at radius 1 is 1.18 bits per heavy atom. The van der Waals surface area contributed by atoms with Crippen LogP contribution in [0.15, 0.2) is 0 Å². The molecule has 162 valence electrons. The third kappa shape index (κ3) is 6.31. The lowest BCUT2D eigenvalue weighted by molar-refractivity contribution is -0.219. The average molecular weight is 432 g/mol. The lowest BCUT2D eigenvalue weighted by Crippen LogP contribution is -2.46. The van der Waals surface area contributed by atoms with Crippen molar-refractivity contribution in [3.8, 4) is 0 Å². The first kappa shape index (κ1) is 22.9. The summed E-state index contributed by atoms with van der Waals surface area (Å²) in [6.07, 6.45) is -6.73. The Hall–Kier alpha value is -1.40. The van der Waals surface area contributed by atoms with Crippen LogP contribution >= 0.6 is 0 Å². The molecule has 0 radical (unpaired) electrons. The molecule has 0 aromatic heterocycles. The Bertz CT molecular complexity index is 686. The summed E-state index contributed by atoms with van der Waals surface area (Å²) >= 11 is 0. The van der Waals surface area contributed by atoms with Crippen molar-refractivity contribution in [3.63, 3.8) is 0 Å². The lowest BCUT2D eigenvalue weighted by Gasteiger charge is -2.38. The number of carbonyl (C=O) groups is 2. The normalized spacial score (nSPS) is 26.0. The Balaban J connectivity index is 2.04. The monoisotopic (exact) mass is 432 g/mol. The molecule has 0 amide bonds. The van der Waals surface area contributed by atoms with E-state index in [9.17, 15) is 31.2 Å². The number of alkyl halides is 3. The molecule has 0 bridgehead atoms. The van der Waals surface area contributed by atoms with Crippen molar-refractivity contribution in [2.75, 3.05) is 25.6 Å². The molecule has 1 N–H and O–H groups in total. The molecule has 3 unspecified atom stereocenters. The topological polar surface area (TPSA) is 116 Å². The molecule has 8 nitrogen and oxygen atoms in total. The molecule has 0 aromatic carbocycles. The van der Waals surface area contributed by atoms with Gasteiger partial charge in [0.2, 0.25) is 6.10 Å². The second-order valence-corrected chi connectivity index (χ2v) is 9.12. The van der Waals surface area contributed by atoms with Crippen molar-refractivity contribution in [2.24, 2.45) is 17.3 Å². The van der Waals surface area contributed by atoms with Crippen LogP contribution in [0.5, 0.6) is 0 Å². The highest BCUT2D eigenvalue weighted by atomic mass is 32.2. The van der Waals surface area contributed by atoms with Gasteiger partial charge in [-0.3, -0.25) is 14.1 Å². The molecule has 2 fully saturated rings. The summed E-state index contributed by atoms with van der Waals surface area (Å²) in [5.74, 6) is -5.97. The van der Waals surface area contributed by atoms with E-state index in [-0.39, 0.29) is 24.9 Å². The second kappa shape index (κ2) is 8.54. The second-order valence-electron chi connectivity index (χ2n) is 7.62. The van der Waals surface area contributed by atoms with E-state index in [4.69, 9.17) is 14.0 Å². The van der Waals surface area contributed by atoms with E-state index in [1.165, 1.54) is 0 Å². The molecule has 1 aliphatic carbocycles. The minimum absolute atomic E-state index is 0.0675. The fourth-order valence-electron chi connectivity index (χ4n) is 3.20. The first-order chi connectivity index (χ1) is 12.8. The third-order valence-electron chi connectivity index (χ3n) is 4.82. The average Bonchev–Trinajstić information content (AvgIpc) is 2.55. The van der Waals surface area contributed by atoms with Gasteiger partial charge < -0.3 is 14.2 Å². The number of ether oxygens (including phenoxy) is 3. The smallest absolute Gasteiger partial charge is 0.426 e. The molecule has 3 atom stereocenters. The zero-order valence-electron chi connectivity index (χ0n) is 15.2. The molecule has 12 heteroatoms. The van der Waals surface area contributed by atoms with E-state index in [0.29, 0.717) is 26.1 Å². The van der Waals surface area contributed by atoms with E-state index in [0.717, 1.165) is 0 Å². The summed E-state index contributed by atoms with van der Waals surface area (Å²) in [4.78, 5) is 24.7. The molecule has 2 rings (SSSR count). The SMILES string of the molecule is CC1(COC(=O)C2CCCCC2C(=O)OC(CS(=O)(=O)O)C(F)(F)F)COC1. The van der Waals surface area contributed by atoms with Crippen LogP contribution in [0, 0.1) is 17.3 Å². The van der Waals surface area contributed by atoms with Crippen molar-refractivity contribution in [2.45, 2.75) is 44.9 Å². The Morgan fingerprint density at radius 3 is 2.14 bits per heavy atom. The molecule has 1 heterocycles. The number of hydrogen-bond donors (Lipinski definition) is 1. The maximum Gasteiger partial charge on any atom is 0.426 e. The quantitative estimate of drug-likeness (QED) is 0.478. The fraction of sp³-hybridized carbons (Fsp3) is 0.875. The number of esters is 2. The molecule has 0 spiro atoms. The first-order valence-corrected chi connectivity index (χ1v) is 10.4. The van der Waals surface area contributed by atoms with Gasteiger partial charge in [-0.25, -0.2) is 0 Å². The van der Waals surface area contributed by atoms with E-state index in [1.807, 2.05) is 6.92 Å². The van der Waals surface area contributed by atoms with Crippen LogP contribution in [0.1, 0.15) is 32.6 Å². The van der Waals surface area contributed by atoms with Crippen LogP contribution in [-0.4, -0.2) is 62.8 Å². The Kier molecular flexibility index (Phi) is 6.98. The molecule has 28 heavy (non-hydrogen) atoms. The molecule has 0 aromatic rings. The number of carbonyl (C=O) groups excluding carboxylic acids is 2. The van der Waals surface area contributed by atoms with Crippen LogP contribution in [0.25, 0.3) is 0 Å². The molecule has 2 aliphatic rings. The van der Waals surface area contributed by atoms with Crippen molar-refractivity contribution < 1.29 is 49.9 Å². The molecule has 1 aliphatic heterocycles. The van der Waals surface area contributed by atoms with E-state index >= 15 is 0 Å². The van der Waals surface area contributed by atoms with Crippen molar-refractivity contribution in [1.29, 1.82) is 0 Å². The number of hydrogen-bond acceptors (Lipinski definition) is 7. The zero-order chi connectivity index (χ0) is 21.2. The van der Waals surface area contributed by atoms with Crippen LogP contribution in [-0.2, 0) is 33.9 Å². The summed E-state index contributed by atoms with van der Waals surface area (Å²) in [5, 5.41) is 0. The Morgan fingerprint density at radius 2 is 1.71 bits per heavy atom. The third-order valence-corrected chi connectivity index (χ3v) is 5.54. The van der Waals surface area contributed by atoms with Gasteiger partial charge in [-0.2, -0.15) is 21.6 Å². The highest BCUT2D eigenvalue weighted by Crippen LogP contribution is 2.35. The molecule has 1 saturated carbocycles. The van der Waals surface area contributed by atoms with Gasteiger partial charge in [0.05, 0.1) is 25.0 Å². The van der Waals surface area contributed by atoms with E-state index in [1.54, 1.807) is 0 Å². The van der Waals surface area contributed by atoms with Gasteiger partial charge in [0.1, 0.15) is 12.4 Å². The maximum atomic E-state index is 13.0. The predicted octanol–water partition coefficient (Wildman–Crippen LogP) is 1.73. The van der Waals surface area contributed by atoms with Gasteiger partial charge in [-0.15, -0.1) is 0 Å². The highest BCUT2D eigenvalue weighted by molar-refractivity contribution is 7.85. The summed E-state index contributed by atoms with van der Waals surface area (Å²) < 4.78 is 83.9. The summed E-state index contributed by atoms with van der Waals surface area (Å²) in [6, 6.07) is 0. The van der Waals surface area contributed by atoms with Gasteiger partial charge in [0.15, 0.2) is 0 Å². The first-order valence-electron chi connectivity index (χ1n) is 8.77. The lowest BCUT2D eigenvalue weighted by atomic mass is 9.79. The largest absolute Gasteiger partial charge is 0.465 e. The standard InChI is InChI=1S/C16H23F3O8S/c1-15(7-25-8-15)9-26-13(20)10-4-2-3-5-11(10)14(21)27-12(16(17,18)19)6-28(22,23)24/h10-12H,2-9H2,1H3,(H,22,23,24). The van der Waals surface area contributed by atoms with Crippen molar-refractivity contribution in [3.05, 3.63) is 0 Å². The predicted molar refractivity (Wildman–Crippen MR) is 87.7 cm³/mol. The van der Waals surface area contributed by atoms with Crippen LogP contribution in [0.3, 0.4) is 0 Å². The van der Waals surface area contributed by atoms with Gasteiger partial charge in [-0.05, 0) is 12.8 Å². The number of rotatable bonds is 7. The zero-order valence-corrected chi connectivity index (χ0v) is 16.1. The molecule has 1 saturated heterocycles. The maximum absolute atomic E-state index is 13.0. The highest BCUT2D eigenvalue weighted by Gasteiger charge is 2.48. The summed E-state index contributed by atoms with van der Waals surface area (Å²) in [7, 11) is -5.03. The van der Waals surface area contributed by atoms with Gasteiger partial charge >= 0.3 is 18.1 Å². The number of halogens is 3. The van der Waals surface area contributed by atoms with Gasteiger partial charge in [0, 0.05) is 5.41 Å². The van der Waals surface area contributed by atoms with Crippen LogP contribution in [0.2, 0.25) is 0 Å². The molecular formula is C16H23F3O8S. The van der Waals surface area contributed by atoms with E-state index < -0.39 is 51.9 Å². The van der Waals surface area contributed by atoms with Crippen LogP contribution < -0.4 is 0 Å². The van der Waals surface area contributed by atoms with Gasteiger partial charge in [0.25, 0.3) is 10.1 Å². The fourth-order valence-corrected chi connectivity index (χ4v) is 3.84. The summed E-state index contributed by atoms with van der Waals surface area (Å²) in [5.41, 5.74) is -0.322.